The third kappa shape index (κ3) is 5.80. The van der Waals surface area contributed by atoms with Crippen LogP contribution in [0.15, 0.2) is 102 Å². The van der Waals surface area contributed by atoms with Crippen molar-refractivity contribution in [1.82, 2.24) is 14.9 Å². The van der Waals surface area contributed by atoms with E-state index in [1.54, 1.807) is 12.1 Å². The lowest BCUT2D eigenvalue weighted by molar-refractivity contribution is -0.121. The van der Waals surface area contributed by atoms with Crippen molar-refractivity contribution in [3.05, 3.63) is 125 Å². The number of halogens is 1. The van der Waals surface area contributed by atoms with Crippen LogP contribution in [0.1, 0.15) is 23.5 Å². The van der Waals surface area contributed by atoms with E-state index in [1.165, 1.54) is 40.2 Å². The fraction of sp³-hybridized carbons (Fsp3) is 0.148. The van der Waals surface area contributed by atoms with Gasteiger partial charge in [-0.05, 0) is 41.8 Å². The highest BCUT2D eigenvalue weighted by Crippen LogP contribution is 2.27. The Hall–Kier alpha value is -4.06. The summed E-state index contributed by atoms with van der Waals surface area (Å²) in [6.07, 6.45) is 2.08. The molecule has 166 valence electrons. The van der Waals surface area contributed by atoms with E-state index in [4.69, 9.17) is 0 Å². The van der Waals surface area contributed by atoms with Gasteiger partial charge in [-0.2, -0.15) is 0 Å². The molecule has 1 amide bonds. The number of aromatic nitrogens is 2. The van der Waals surface area contributed by atoms with E-state index >= 15 is 0 Å². The van der Waals surface area contributed by atoms with Gasteiger partial charge >= 0.3 is 0 Å². The summed E-state index contributed by atoms with van der Waals surface area (Å²) in [4.78, 5) is 29.1. The van der Waals surface area contributed by atoms with Crippen molar-refractivity contribution in [2.45, 2.75) is 18.9 Å². The van der Waals surface area contributed by atoms with Crippen molar-refractivity contribution in [2.24, 2.45) is 0 Å². The molecule has 4 aromatic rings. The lowest BCUT2D eigenvalue weighted by Crippen LogP contribution is -2.33. The van der Waals surface area contributed by atoms with Crippen LogP contribution in [0.25, 0.3) is 11.3 Å². The molecule has 3 aromatic carbocycles. The molecule has 6 heteroatoms. The van der Waals surface area contributed by atoms with E-state index in [9.17, 15) is 14.0 Å². The maximum absolute atomic E-state index is 13.1. The first kappa shape index (κ1) is 22.1. The average Bonchev–Trinajstić information content (AvgIpc) is 2.85. The Labute approximate surface area is 191 Å². The first-order chi connectivity index (χ1) is 16.1. The molecule has 33 heavy (non-hydrogen) atoms. The van der Waals surface area contributed by atoms with Gasteiger partial charge in [-0.1, -0.05) is 60.7 Å². The molecule has 0 radical (unpaired) electrons. The monoisotopic (exact) mass is 441 g/mol. The Morgan fingerprint density at radius 1 is 0.909 bits per heavy atom. The minimum atomic E-state index is -0.356. The Balaban J connectivity index is 1.37. The van der Waals surface area contributed by atoms with Crippen LogP contribution >= 0.6 is 0 Å². The third-order valence-corrected chi connectivity index (χ3v) is 5.49. The van der Waals surface area contributed by atoms with E-state index in [0.29, 0.717) is 17.8 Å². The molecule has 0 unspecified atom stereocenters. The number of nitrogens with one attached hydrogen (secondary N) is 1. The van der Waals surface area contributed by atoms with Gasteiger partial charge in [0.1, 0.15) is 12.4 Å². The number of nitrogens with zero attached hydrogens (tertiary/aromatic N) is 2. The third-order valence-electron chi connectivity index (χ3n) is 5.49. The molecule has 0 aliphatic rings. The second kappa shape index (κ2) is 10.5. The lowest BCUT2D eigenvalue weighted by atomic mass is 9.88. The number of amides is 1. The Morgan fingerprint density at radius 3 is 2.09 bits per heavy atom. The second-order valence-electron chi connectivity index (χ2n) is 7.76. The summed E-state index contributed by atoms with van der Waals surface area (Å²) in [6.45, 7) is 0.361. The minimum absolute atomic E-state index is 0.114. The molecule has 0 spiro atoms. The smallest absolute Gasteiger partial charge is 0.254 e. The van der Waals surface area contributed by atoms with Crippen molar-refractivity contribution >= 4 is 5.91 Å². The Morgan fingerprint density at radius 2 is 1.52 bits per heavy atom. The molecule has 1 N–H and O–H groups in total. The van der Waals surface area contributed by atoms with E-state index < -0.39 is 0 Å². The van der Waals surface area contributed by atoms with Gasteiger partial charge in [0.05, 0.1) is 12.0 Å². The number of carbonyl (C=O) groups is 1. The summed E-state index contributed by atoms with van der Waals surface area (Å²) < 4.78 is 14.4. The highest BCUT2D eigenvalue weighted by atomic mass is 19.1. The quantitative estimate of drug-likeness (QED) is 0.441. The van der Waals surface area contributed by atoms with Crippen LogP contribution in [0.2, 0.25) is 0 Å². The summed E-state index contributed by atoms with van der Waals surface area (Å²) in [5.41, 5.74) is 3.11. The van der Waals surface area contributed by atoms with Crippen LogP contribution in [-0.2, 0) is 11.3 Å². The summed E-state index contributed by atoms with van der Waals surface area (Å²) in [6, 6.07) is 27.5. The van der Waals surface area contributed by atoms with Crippen molar-refractivity contribution < 1.29 is 9.18 Å². The maximum atomic E-state index is 13.1. The number of carbonyl (C=O) groups excluding carboxylic acids is 1. The van der Waals surface area contributed by atoms with Crippen LogP contribution in [0, 0.1) is 5.82 Å². The van der Waals surface area contributed by atoms with Crippen LogP contribution in [0.5, 0.6) is 0 Å². The summed E-state index contributed by atoms with van der Waals surface area (Å²) >= 11 is 0. The average molecular weight is 442 g/mol. The largest absolute Gasteiger partial charge is 0.355 e. The van der Waals surface area contributed by atoms with Crippen molar-refractivity contribution in [3.8, 4) is 11.3 Å². The first-order valence-electron chi connectivity index (χ1n) is 10.8. The number of benzene rings is 3. The van der Waals surface area contributed by atoms with Gasteiger partial charge in [0.25, 0.3) is 5.56 Å². The maximum Gasteiger partial charge on any atom is 0.254 e. The van der Waals surface area contributed by atoms with E-state index in [1.807, 2.05) is 36.4 Å². The number of rotatable bonds is 8. The van der Waals surface area contributed by atoms with Gasteiger partial charge in [-0.3, -0.25) is 14.2 Å². The molecule has 0 saturated carbocycles. The van der Waals surface area contributed by atoms with Gasteiger partial charge in [0.15, 0.2) is 0 Å². The van der Waals surface area contributed by atoms with Gasteiger partial charge in [0.2, 0.25) is 5.91 Å². The van der Waals surface area contributed by atoms with Crippen molar-refractivity contribution in [3.63, 3.8) is 0 Å². The van der Waals surface area contributed by atoms with Gasteiger partial charge in [-0.25, -0.2) is 9.37 Å². The molecular weight excluding hydrogens is 417 g/mol. The van der Waals surface area contributed by atoms with Gasteiger partial charge < -0.3 is 5.32 Å². The topological polar surface area (TPSA) is 64.0 Å². The highest BCUT2D eigenvalue weighted by Gasteiger charge is 2.14. The predicted molar refractivity (Wildman–Crippen MR) is 126 cm³/mol. The Kier molecular flexibility index (Phi) is 7.05. The van der Waals surface area contributed by atoms with E-state index in [2.05, 4.69) is 34.6 Å². The van der Waals surface area contributed by atoms with Crippen LogP contribution in [-0.4, -0.2) is 22.0 Å². The molecule has 0 bridgehead atoms. The summed E-state index contributed by atoms with van der Waals surface area (Å²) in [5, 5.41) is 2.91. The van der Waals surface area contributed by atoms with Crippen LogP contribution in [0.4, 0.5) is 4.39 Å². The first-order valence-corrected chi connectivity index (χ1v) is 10.8. The normalized spacial score (nSPS) is 10.8. The van der Waals surface area contributed by atoms with Crippen molar-refractivity contribution in [2.75, 3.05) is 6.54 Å². The molecule has 0 saturated heterocycles. The summed E-state index contributed by atoms with van der Waals surface area (Å²) in [5.74, 6) is -0.453. The molecule has 4 rings (SSSR count). The molecule has 5 nitrogen and oxygen atoms in total. The van der Waals surface area contributed by atoms with Crippen molar-refractivity contribution in [1.29, 1.82) is 0 Å². The standard InChI is InChI=1S/C27H24FN3O2/c28-23-13-11-22(12-14-23)25-17-27(33)31(19-30-25)18-26(32)29-16-15-24(20-7-3-1-4-8-20)21-9-5-2-6-10-21/h1-14,17,19,24H,15-16,18H2,(H,29,32). The fourth-order valence-corrected chi connectivity index (χ4v) is 3.79. The SMILES string of the molecule is O=C(Cn1cnc(-c2ccc(F)cc2)cc1=O)NCCC(c1ccccc1)c1ccccc1. The minimum Gasteiger partial charge on any atom is -0.355 e. The molecule has 0 aliphatic heterocycles. The molecule has 0 aliphatic carbocycles. The fourth-order valence-electron chi connectivity index (χ4n) is 3.79. The number of hydrogen-bond donors (Lipinski definition) is 1. The molecule has 0 fully saturated rings. The highest BCUT2D eigenvalue weighted by molar-refractivity contribution is 5.75. The van der Waals surface area contributed by atoms with Crippen LogP contribution < -0.4 is 10.9 Å². The Bertz CT molecular complexity index is 1220. The summed E-state index contributed by atoms with van der Waals surface area (Å²) in [7, 11) is 0. The molecular formula is C27H24FN3O2. The number of hydrogen-bond acceptors (Lipinski definition) is 3. The lowest BCUT2D eigenvalue weighted by Gasteiger charge is -2.18. The van der Waals surface area contributed by atoms with E-state index in [0.717, 1.165) is 6.42 Å². The van der Waals surface area contributed by atoms with Crippen LogP contribution in [0.3, 0.4) is 0 Å². The zero-order chi connectivity index (χ0) is 23.0. The second-order valence-corrected chi connectivity index (χ2v) is 7.76. The zero-order valence-electron chi connectivity index (χ0n) is 18.0. The van der Waals surface area contributed by atoms with Gasteiger partial charge in [-0.15, -0.1) is 0 Å². The van der Waals surface area contributed by atoms with E-state index in [-0.39, 0.29) is 29.7 Å². The molecule has 0 atom stereocenters. The predicted octanol–water partition coefficient (Wildman–Crippen LogP) is 4.39. The van der Waals surface area contributed by atoms with Gasteiger partial charge in [0, 0.05) is 24.1 Å². The zero-order valence-corrected chi connectivity index (χ0v) is 18.0. The molecule has 1 heterocycles. The molecule has 1 aromatic heterocycles.